The van der Waals surface area contributed by atoms with Crippen molar-refractivity contribution < 1.29 is 19.5 Å². The summed E-state index contributed by atoms with van der Waals surface area (Å²) < 4.78 is 0. The molecule has 1 aliphatic rings. The molecule has 1 amide bonds. The molecule has 0 fully saturated rings. The Labute approximate surface area is 168 Å². The van der Waals surface area contributed by atoms with Gasteiger partial charge in [0.1, 0.15) is 0 Å². The fraction of sp³-hybridized carbons (Fsp3) is 0.125. The third-order valence-corrected chi connectivity index (χ3v) is 5.08. The number of benzene rings is 3. The van der Waals surface area contributed by atoms with Gasteiger partial charge < -0.3 is 10.0 Å². The van der Waals surface area contributed by atoms with Crippen LogP contribution in [-0.4, -0.2) is 34.2 Å². The van der Waals surface area contributed by atoms with Crippen LogP contribution in [0.2, 0.25) is 0 Å². The van der Waals surface area contributed by atoms with Gasteiger partial charge >= 0.3 is 5.97 Å². The van der Waals surface area contributed by atoms with E-state index >= 15 is 0 Å². The van der Waals surface area contributed by atoms with Gasteiger partial charge in [-0.05, 0) is 17.2 Å². The molecule has 5 heteroatoms. The quantitative estimate of drug-likeness (QED) is 0.544. The molecule has 0 atom stereocenters. The first-order chi connectivity index (χ1) is 14.1. The molecule has 29 heavy (non-hydrogen) atoms. The van der Waals surface area contributed by atoms with Crippen molar-refractivity contribution in [2.24, 2.45) is 0 Å². The van der Waals surface area contributed by atoms with Gasteiger partial charge in [0.2, 0.25) is 0 Å². The van der Waals surface area contributed by atoms with E-state index in [9.17, 15) is 14.4 Å². The van der Waals surface area contributed by atoms with Crippen LogP contribution < -0.4 is 0 Å². The Kier molecular flexibility index (Phi) is 4.96. The molecule has 0 radical (unpaired) electrons. The molecule has 3 aromatic carbocycles. The second-order valence-corrected chi connectivity index (χ2v) is 6.96. The summed E-state index contributed by atoms with van der Waals surface area (Å²) in [4.78, 5) is 38.9. The number of ketones is 1. The molecule has 0 spiro atoms. The van der Waals surface area contributed by atoms with Crippen LogP contribution in [0.25, 0.3) is 11.1 Å². The van der Waals surface area contributed by atoms with Gasteiger partial charge in [0.05, 0.1) is 6.42 Å². The normalized spacial score (nSPS) is 11.7. The average Bonchev–Trinajstić information content (AvgIpc) is 3.04. The summed E-state index contributed by atoms with van der Waals surface area (Å²) in [6.45, 7) is 0.383. The summed E-state index contributed by atoms with van der Waals surface area (Å²) in [5.74, 6) is -1.34. The minimum atomic E-state index is -0.963. The second-order valence-electron chi connectivity index (χ2n) is 6.96. The lowest BCUT2D eigenvalue weighted by molar-refractivity contribution is -0.137. The van der Waals surface area contributed by atoms with Gasteiger partial charge in [-0.1, -0.05) is 66.7 Å². The summed E-state index contributed by atoms with van der Waals surface area (Å²) >= 11 is 0. The molecular formula is C24H19NO4. The van der Waals surface area contributed by atoms with Crippen LogP contribution >= 0.6 is 0 Å². The third kappa shape index (κ3) is 3.55. The zero-order valence-corrected chi connectivity index (χ0v) is 15.7. The minimum absolute atomic E-state index is 0.0856. The summed E-state index contributed by atoms with van der Waals surface area (Å²) in [7, 11) is 0. The molecule has 1 aliphatic carbocycles. The highest BCUT2D eigenvalue weighted by Crippen LogP contribution is 2.39. The molecule has 0 saturated carbocycles. The van der Waals surface area contributed by atoms with Gasteiger partial charge in [-0.2, -0.15) is 0 Å². The molecule has 0 unspecified atom stereocenters. The number of carboxylic acid groups (broad SMARTS) is 1. The summed E-state index contributed by atoms with van der Waals surface area (Å²) in [5, 5.41) is 9.12. The van der Waals surface area contributed by atoms with Crippen LogP contribution in [0.3, 0.4) is 0 Å². The molecule has 0 heterocycles. The van der Waals surface area contributed by atoms with Crippen molar-refractivity contribution in [1.82, 2.24) is 4.90 Å². The van der Waals surface area contributed by atoms with Crippen molar-refractivity contribution in [1.29, 1.82) is 0 Å². The monoisotopic (exact) mass is 385 g/mol. The lowest BCUT2D eigenvalue weighted by Crippen LogP contribution is -2.33. The number of carboxylic acids is 1. The summed E-state index contributed by atoms with van der Waals surface area (Å²) in [6.07, 6.45) is -0.150. The Morgan fingerprint density at radius 1 is 0.793 bits per heavy atom. The maximum Gasteiger partial charge on any atom is 0.305 e. The topological polar surface area (TPSA) is 74.7 Å². The van der Waals surface area contributed by atoms with Crippen LogP contribution in [0.4, 0.5) is 0 Å². The zero-order chi connectivity index (χ0) is 20.4. The van der Waals surface area contributed by atoms with E-state index in [1.54, 1.807) is 30.3 Å². The molecule has 0 bridgehead atoms. The minimum Gasteiger partial charge on any atom is -0.481 e. The Hall–Kier alpha value is -3.73. The van der Waals surface area contributed by atoms with Crippen molar-refractivity contribution in [3.05, 3.63) is 95.1 Å². The Morgan fingerprint density at radius 2 is 1.45 bits per heavy atom. The fourth-order valence-corrected chi connectivity index (χ4v) is 3.71. The van der Waals surface area contributed by atoms with E-state index < -0.39 is 5.97 Å². The van der Waals surface area contributed by atoms with E-state index in [-0.39, 0.29) is 24.7 Å². The van der Waals surface area contributed by atoms with Crippen LogP contribution in [0.5, 0.6) is 0 Å². The molecule has 144 valence electrons. The molecule has 0 aliphatic heterocycles. The number of aliphatic carboxylic acids is 1. The molecule has 3 aromatic rings. The number of carbonyl (C=O) groups is 3. The van der Waals surface area contributed by atoms with Crippen molar-refractivity contribution in [2.75, 3.05) is 6.54 Å². The molecule has 5 nitrogen and oxygen atoms in total. The van der Waals surface area contributed by atoms with Crippen LogP contribution in [0, 0.1) is 0 Å². The molecule has 4 rings (SSSR count). The standard InChI is InChI=1S/C24H19NO4/c26-21(27)13-14-25(15-16-7-2-1-3-8-16)24(29)20-12-6-11-19-22(20)17-9-4-5-10-18(17)23(19)28/h1-12H,13-15H2,(H,26,27). The highest BCUT2D eigenvalue weighted by molar-refractivity contribution is 6.24. The van der Waals surface area contributed by atoms with Crippen molar-refractivity contribution in [3.63, 3.8) is 0 Å². The first kappa shape index (κ1) is 18.6. The second kappa shape index (κ2) is 7.72. The molecule has 0 aromatic heterocycles. The highest BCUT2D eigenvalue weighted by Gasteiger charge is 2.31. The van der Waals surface area contributed by atoms with Crippen molar-refractivity contribution >= 4 is 17.7 Å². The predicted octanol–water partition coefficient (Wildman–Crippen LogP) is 4.02. The summed E-state index contributed by atoms with van der Waals surface area (Å²) in [5.41, 5.74) is 3.80. The first-order valence-electron chi connectivity index (χ1n) is 9.38. The van der Waals surface area contributed by atoms with Gasteiger partial charge in [0.15, 0.2) is 5.78 Å². The highest BCUT2D eigenvalue weighted by atomic mass is 16.4. The zero-order valence-electron chi connectivity index (χ0n) is 15.7. The lowest BCUT2D eigenvalue weighted by Gasteiger charge is -2.23. The molecular weight excluding hydrogens is 366 g/mol. The number of hydrogen-bond acceptors (Lipinski definition) is 3. The SMILES string of the molecule is O=C(O)CCN(Cc1ccccc1)C(=O)c1cccc2c1-c1ccccc1C2=O. The number of amides is 1. The summed E-state index contributed by atoms with van der Waals surface area (Å²) in [6, 6.07) is 21.8. The van der Waals surface area contributed by atoms with Crippen LogP contribution in [0.15, 0.2) is 72.8 Å². The number of nitrogens with zero attached hydrogens (tertiary/aromatic N) is 1. The fourth-order valence-electron chi connectivity index (χ4n) is 3.71. The van der Waals surface area contributed by atoms with Gasteiger partial charge in [-0.25, -0.2) is 0 Å². The Morgan fingerprint density at radius 3 is 2.17 bits per heavy atom. The maximum atomic E-state index is 13.5. The van der Waals surface area contributed by atoms with E-state index in [0.717, 1.165) is 11.1 Å². The number of rotatable bonds is 6. The largest absolute Gasteiger partial charge is 0.481 e. The Bertz CT molecular complexity index is 1100. The van der Waals surface area contributed by atoms with E-state index in [1.807, 2.05) is 42.5 Å². The van der Waals surface area contributed by atoms with E-state index in [0.29, 0.717) is 28.8 Å². The molecule has 0 saturated heterocycles. The molecule has 1 N–H and O–H groups in total. The van der Waals surface area contributed by atoms with Crippen molar-refractivity contribution in [3.8, 4) is 11.1 Å². The van der Waals surface area contributed by atoms with Crippen LogP contribution in [0.1, 0.15) is 38.3 Å². The van der Waals surface area contributed by atoms with Crippen LogP contribution in [-0.2, 0) is 11.3 Å². The van der Waals surface area contributed by atoms with Gasteiger partial charge in [-0.15, -0.1) is 0 Å². The number of carbonyl (C=O) groups excluding carboxylic acids is 2. The number of hydrogen-bond donors (Lipinski definition) is 1. The van der Waals surface area contributed by atoms with Gasteiger partial charge in [0, 0.05) is 35.3 Å². The van der Waals surface area contributed by atoms with E-state index in [2.05, 4.69) is 0 Å². The smallest absolute Gasteiger partial charge is 0.305 e. The predicted molar refractivity (Wildman–Crippen MR) is 109 cm³/mol. The Balaban J connectivity index is 1.74. The number of fused-ring (bicyclic) bond motifs is 3. The van der Waals surface area contributed by atoms with E-state index in [4.69, 9.17) is 5.11 Å². The van der Waals surface area contributed by atoms with E-state index in [1.165, 1.54) is 4.90 Å². The van der Waals surface area contributed by atoms with Gasteiger partial charge in [-0.3, -0.25) is 14.4 Å². The first-order valence-corrected chi connectivity index (χ1v) is 9.38. The van der Waals surface area contributed by atoms with Crippen molar-refractivity contribution in [2.45, 2.75) is 13.0 Å². The van der Waals surface area contributed by atoms with Gasteiger partial charge in [0.25, 0.3) is 5.91 Å². The third-order valence-electron chi connectivity index (χ3n) is 5.08. The lowest BCUT2D eigenvalue weighted by atomic mass is 9.98. The maximum absolute atomic E-state index is 13.5. The average molecular weight is 385 g/mol.